The van der Waals surface area contributed by atoms with Crippen molar-refractivity contribution in [2.24, 2.45) is 0 Å². The Kier molecular flexibility index (Phi) is 6.54. The van der Waals surface area contributed by atoms with Gasteiger partial charge in [0.25, 0.3) is 0 Å². The van der Waals surface area contributed by atoms with Crippen LogP contribution in [0.25, 0.3) is 0 Å². The van der Waals surface area contributed by atoms with E-state index in [4.69, 9.17) is 4.74 Å². The van der Waals surface area contributed by atoms with Gasteiger partial charge in [0.2, 0.25) is 11.8 Å². The molecule has 0 unspecified atom stereocenters. The Morgan fingerprint density at radius 2 is 1.69 bits per heavy atom. The average Bonchev–Trinajstić information content (AvgIpc) is 2.63. The Hall–Kier alpha value is -2.03. The van der Waals surface area contributed by atoms with Gasteiger partial charge in [0.15, 0.2) is 0 Å². The van der Waals surface area contributed by atoms with E-state index < -0.39 is 0 Å². The van der Waals surface area contributed by atoms with Crippen LogP contribution in [0.1, 0.15) is 0 Å². The Balaban J connectivity index is 1.39. The molecule has 0 spiro atoms. The number of carbonyl (C=O) groups excluding carboxylic acids is 2. The summed E-state index contributed by atoms with van der Waals surface area (Å²) in [6.07, 6.45) is 0. The number of piperazine rings is 1. The van der Waals surface area contributed by atoms with Gasteiger partial charge < -0.3 is 15.0 Å². The van der Waals surface area contributed by atoms with Gasteiger partial charge in [-0.05, 0) is 18.2 Å². The molecule has 1 aromatic rings. The molecule has 1 aromatic carbocycles. The van der Waals surface area contributed by atoms with E-state index in [2.05, 4.69) is 10.2 Å². The SMILES string of the molecule is O=C(CN1CCN(C(=O)CN2CCOCC2)CC1)Nc1cccc(F)c1. The molecule has 0 bridgehead atoms. The number of nitrogens with zero attached hydrogens (tertiary/aromatic N) is 3. The van der Waals surface area contributed by atoms with Gasteiger partial charge in [0.05, 0.1) is 26.3 Å². The van der Waals surface area contributed by atoms with Crippen LogP contribution >= 0.6 is 0 Å². The van der Waals surface area contributed by atoms with Crippen molar-refractivity contribution in [3.05, 3.63) is 30.1 Å². The fraction of sp³-hybridized carbons (Fsp3) is 0.556. The first-order valence-corrected chi connectivity index (χ1v) is 8.96. The molecule has 2 amide bonds. The van der Waals surface area contributed by atoms with Gasteiger partial charge in [0.1, 0.15) is 5.82 Å². The Morgan fingerprint density at radius 3 is 2.38 bits per heavy atom. The highest BCUT2D eigenvalue weighted by atomic mass is 19.1. The van der Waals surface area contributed by atoms with Crippen molar-refractivity contribution in [3.8, 4) is 0 Å². The van der Waals surface area contributed by atoms with Crippen molar-refractivity contribution in [2.45, 2.75) is 0 Å². The van der Waals surface area contributed by atoms with Gasteiger partial charge >= 0.3 is 0 Å². The van der Waals surface area contributed by atoms with Crippen molar-refractivity contribution in [3.63, 3.8) is 0 Å². The molecule has 1 N–H and O–H groups in total. The smallest absolute Gasteiger partial charge is 0.238 e. The van der Waals surface area contributed by atoms with E-state index in [9.17, 15) is 14.0 Å². The van der Waals surface area contributed by atoms with Crippen LogP contribution < -0.4 is 5.32 Å². The minimum absolute atomic E-state index is 0.135. The average molecular weight is 364 g/mol. The zero-order chi connectivity index (χ0) is 18.4. The molecule has 142 valence electrons. The molecule has 26 heavy (non-hydrogen) atoms. The van der Waals surface area contributed by atoms with Crippen LogP contribution in [-0.4, -0.2) is 92.1 Å². The van der Waals surface area contributed by atoms with Gasteiger partial charge in [-0.1, -0.05) is 6.07 Å². The topological polar surface area (TPSA) is 65.1 Å². The summed E-state index contributed by atoms with van der Waals surface area (Å²) >= 11 is 0. The van der Waals surface area contributed by atoms with E-state index in [0.29, 0.717) is 51.6 Å². The molecule has 2 fully saturated rings. The molecule has 2 heterocycles. The summed E-state index contributed by atoms with van der Waals surface area (Å²) < 4.78 is 18.4. The first-order chi connectivity index (χ1) is 12.6. The predicted molar refractivity (Wildman–Crippen MR) is 95.3 cm³/mol. The fourth-order valence-corrected chi connectivity index (χ4v) is 3.18. The minimum Gasteiger partial charge on any atom is -0.379 e. The number of ether oxygens (including phenoxy) is 1. The quantitative estimate of drug-likeness (QED) is 0.811. The molecule has 0 saturated carbocycles. The van der Waals surface area contributed by atoms with Crippen molar-refractivity contribution in [1.29, 1.82) is 0 Å². The number of halogens is 1. The maximum atomic E-state index is 13.2. The van der Waals surface area contributed by atoms with Crippen molar-refractivity contribution in [1.82, 2.24) is 14.7 Å². The van der Waals surface area contributed by atoms with Gasteiger partial charge in [-0.15, -0.1) is 0 Å². The number of anilines is 1. The zero-order valence-electron chi connectivity index (χ0n) is 14.8. The predicted octanol–water partition coefficient (Wildman–Crippen LogP) is 0.241. The fourth-order valence-electron chi connectivity index (χ4n) is 3.18. The van der Waals surface area contributed by atoms with Crippen LogP contribution in [0.4, 0.5) is 10.1 Å². The first kappa shape index (κ1) is 18.8. The Labute approximate surface area is 152 Å². The summed E-state index contributed by atoms with van der Waals surface area (Å²) in [7, 11) is 0. The molecule has 2 aliphatic rings. The van der Waals surface area contributed by atoms with E-state index in [1.165, 1.54) is 12.1 Å². The second-order valence-electron chi connectivity index (χ2n) is 6.60. The third-order valence-corrected chi connectivity index (χ3v) is 4.66. The van der Waals surface area contributed by atoms with E-state index >= 15 is 0 Å². The van der Waals surface area contributed by atoms with E-state index in [0.717, 1.165) is 13.1 Å². The summed E-state index contributed by atoms with van der Waals surface area (Å²) in [5, 5.41) is 2.70. The normalized spacial score (nSPS) is 19.3. The second-order valence-corrected chi connectivity index (χ2v) is 6.60. The van der Waals surface area contributed by atoms with Gasteiger partial charge in [-0.25, -0.2) is 4.39 Å². The molecule has 7 nitrogen and oxygen atoms in total. The lowest BCUT2D eigenvalue weighted by Crippen LogP contribution is -2.53. The second kappa shape index (κ2) is 9.07. The van der Waals surface area contributed by atoms with Crippen molar-refractivity contribution in [2.75, 3.05) is 70.9 Å². The highest BCUT2D eigenvalue weighted by Crippen LogP contribution is 2.10. The van der Waals surface area contributed by atoms with Gasteiger partial charge in [-0.2, -0.15) is 0 Å². The number of rotatable bonds is 5. The number of amides is 2. The number of hydrogen-bond acceptors (Lipinski definition) is 5. The lowest BCUT2D eigenvalue weighted by molar-refractivity contribution is -0.135. The van der Waals surface area contributed by atoms with Crippen LogP contribution in [0.2, 0.25) is 0 Å². The maximum Gasteiger partial charge on any atom is 0.238 e. The highest BCUT2D eigenvalue weighted by Gasteiger charge is 2.24. The molecule has 2 saturated heterocycles. The highest BCUT2D eigenvalue weighted by molar-refractivity contribution is 5.92. The number of hydrogen-bond donors (Lipinski definition) is 1. The molecule has 0 radical (unpaired) electrons. The van der Waals surface area contributed by atoms with Crippen LogP contribution in [0.5, 0.6) is 0 Å². The monoisotopic (exact) mass is 364 g/mol. The first-order valence-electron chi connectivity index (χ1n) is 8.96. The molecular weight excluding hydrogens is 339 g/mol. The standard InChI is InChI=1S/C18H25FN4O3/c19-15-2-1-3-16(12-15)20-17(24)13-21-4-6-23(7-5-21)18(25)14-22-8-10-26-11-9-22/h1-3,12H,4-11,13-14H2,(H,20,24). The Morgan fingerprint density at radius 1 is 1.00 bits per heavy atom. The summed E-state index contributed by atoms with van der Waals surface area (Å²) in [6, 6.07) is 5.84. The summed E-state index contributed by atoms with van der Waals surface area (Å²) in [5.74, 6) is -0.422. The van der Waals surface area contributed by atoms with E-state index in [1.807, 2.05) is 9.80 Å². The number of nitrogens with one attached hydrogen (secondary N) is 1. The summed E-state index contributed by atoms with van der Waals surface area (Å²) in [4.78, 5) is 30.5. The summed E-state index contributed by atoms with van der Waals surface area (Å²) in [6.45, 7) is 6.19. The number of carbonyl (C=O) groups is 2. The molecule has 0 aliphatic carbocycles. The molecule has 0 aromatic heterocycles. The van der Waals surface area contributed by atoms with Gasteiger partial charge in [-0.3, -0.25) is 19.4 Å². The van der Waals surface area contributed by atoms with Crippen LogP contribution in [0, 0.1) is 5.82 Å². The summed E-state index contributed by atoms with van der Waals surface area (Å²) in [5.41, 5.74) is 0.453. The van der Waals surface area contributed by atoms with Crippen LogP contribution in [0.15, 0.2) is 24.3 Å². The van der Waals surface area contributed by atoms with Crippen LogP contribution in [-0.2, 0) is 14.3 Å². The van der Waals surface area contributed by atoms with Gasteiger partial charge in [0, 0.05) is 45.0 Å². The van der Waals surface area contributed by atoms with E-state index in [1.54, 1.807) is 12.1 Å². The van der Waals surface area contributed by atoms with Crippen molar-refractivity contribution < 1.29 is 18.7 Å². The molecular formula is C18H25FN4O3. The Bertz CT molecular complexity index is 629. The molecule has 2 aliphatic heterocycles. The van der Waals surface area contributed by atoms with Crippen molar-refractivity contribution >= 4 is 17.5 Å². The number of benzene rings is 1. The minimum atomic E-state index is -0.379. The lowest BCUT2D eigenvalue weighted by Gasteiger charge is -2.36. The number of morpholine rings is 1. The van der Waals surface area contributed by atoms with E-state index in [-0.39, 0.29) is 24.2 Å². The van der Waals surface area contributed by atoms with Crippen LogP contribution in [0.3, 0.4) is 0 Å². The zero-order valence-corrected chi connectivity index (χ0v) is 14.8. The third-order valence-electron chi connectivity index (χ3n) is 4.66. The molecule has 0 atom stereocenters. The third kappa shape index (κ3) is 5.48. The molecule has 3 rings (SSSR count). The molecule has 8 heteroatoms. The largest absolute Gasteiger partial charge is 0.379 e. The lowest BCUT2D eigenvalue weighted by atomic mass is 10.2. The maximum absolute atomic E-state index is 13.2.